The zero-order chi connectivity index (χ0) is 17.2. The van der Waals surface area contributed by atoms with Crippen LogP contribution in [0.4, 0.5) is 0 Å². The molecular weight excluding hydrogens is 318 g/mol. The van der Waals surface area contributed by atoms with Crippen molar-refractivity contribution in [3.05, 3.63) is 59.9 Å². The van der Waals surface area contributed by atoms with Crippen LogP contribution in [0, 0.1) is 0 Å². The van der Waals surface area contributed by atoms with Gasteiger partial charge in [0.1, 0.15) is 6.54 Å². The van der Waals surface area contributed by atoms with Crippen molar-refractivity contribution in [1.29, 1.82) is 0 Å². The molecule has 0 saturated heterocycles. The Balaban J connectivity index is 1.58. The van der Waals surface area contributed by atoms with Crippen LogP contribution in [-0.2, 0) is 22.5 Å². The summed E-state index contributed by atoms with van der Waals surface area (Å²) in [7, 11) is 1.43. The van der Waals surface area contributed by atoms with Gasteiger partial charge in [0.2, 0.25) is 5.89 Å². The molecule has 0 spiro atoms. The molecule has 1 atom stereocenters. The Bertz CT molecular complexity index is 882. The summed E-state index contributed by atoms with van der Waals surface area (Å²) in [4.78, 5) is 16.3. The smallest absolute Gasteiger partial charge is 0.313 e. The SMILES string of the molecule is COC(=O)C1CCCc2c1cnn2Cc1ncc(-c2ccccc2)o1. The minimum atomic E-state index is -0.216. The number of rotatable bonds is 4. The van der Waals surface area contributed by atoms with Crippen LogP contribution in [0.25, 0.3) is 11.3 Å². The van der Waals surface area contributed by atoms with Gasteiger partial charge in [-0.15, -0.1) is 0 Å². The van der Waals surface area contributed by atoms with Crippen LogP contribution in [0.2, 0.25) is 0 Å². The van der Waals surface area contributed by atoms with Crippen LogP contribution < -0.4 is 0 Å². The lowest BCUT2D eigenvalue weighted by atomic mass is 9.87. The van der Waals surface area contributed by atoms with Gasteiger partial charge in [0.05, 0.1) is 25.4 Å². The van der Waals surface area contributed by atoms with E-state index in [1.165, 1.54) is 7.11 Å². The second kappa shape index (κ2) is 6.55. The first-order chi connectivity index (χ1) is 12.3. The quantitative estimate of drug-likeness (QED) is 0.684. The largest absolute Gasteiger partial charge is 0.469 e. The molecule has 0 saturated carbocycles. The van der Waals surface area contributed by atoms with Crippen LogP contribution in [0.5, 0.6) is 0 Å². The van der Waals surface area contributed by atoms with Crippen molar-refractivity contribution < 1.29 is 13.9 Å². The number of ether oxygens (including phenoxy) is 1. The Morgan fingerprint density at radius 2 is 2.16 bits per heavy atom. The maximum absolute atomic E-state index is 12.0. The number of fused-ring (bicyclic) bond motifs is 1. The fraction of sp³-hybridized carbons (Fsp3) is 0.316. The van der Waals surface area contributed by atoms with Gasteiger partial charge in [-0.2, -0.15) is 5.10 Å². The standard InChI is InChI=1S/C19H19N3O3/c1-24-19(23)14-8-5-9-16-15(14)10-21-22(16)12-18-20-11-17(25-18)13-6-3-2-4-7-13/h2-4,6-7,10-11,14H,5,8-9,12H2,1H3. The molecule has 0 bridgehead atoms. The summed E-state index contributed by atoms with van der Waals surface area (Å²) in [6.45, 7) is 0.454. The summed E-state index contributed by atoms with van der Waals surface area (Å²) < 4.78 is 12.7. The number of esters is 1. The zero-order valence-electron chi connectivity index (χ0n) is 14.0. The van der Waals surface area contributed by atoms with Gasteiger partial charge < -0.3 is 9.15 Å². The van der Waals surface area contributed by atoms with E-state index in [0.29, 0.717) is 12.4 Å². The molecule has 128 valence electrons. The number of hydrogen-bond acceptors (Lipinski definition) is 5. The highest BCUT2D eigenvalue weighted by atomic mass is 16.5. The lowest BCUT2D eigenvalue weighted by molar-refractivity contribution is -0.142. The third-order valence-corrected chi connectivity index (χ3v) is 4.65. The summed E-state index contributed by atoms with van der Waals surface area (Å²) in [5, 5.41) is 4.45. The molecule has 1 aliphatic rings. The molecule has 2 heterocycles. The van der Waals surface area contributed by atoms with E-state index in [9.17, 15) is 4.79 Å². The Morgan fingerprint density at radius 1 is 1.32 bits per heavy atom. The Morgan fingerprint density at radius 3 is 2.96 bits per heavy atom. The molecule has 1 unspecified atom stereocenters. The van der Waals surface area contributed by atoms with Gasteiger partial charge in [-0.1, -0.05) is 30.3 Å². The van der Waals surface area contributed by atoms with Crippen molar-refractivity contribution in [3.8, 4) is 11.3 Å². The zero-order valence-corrected chi connectivity index (χ0v) is 14.0. The van der Waals surface area contributed by atoms with E-state index in [2.05, 4.69) is 10.1 Å². The first-order valence-corrected chi connectivity index (χ1v) is 8.39. The first-order valence-electron chi connectivity index (χ1n) is 8.39. The molecule has 0 radical (unpaired) electrons. The predicted molar refractivity (Wildman–Crippen MR) is 91.0 cm³/mol. The molecule has 2 aromatic heterocycles. The van der Waals surface area contributed by atoms with Crippen LogP contribution in [0.15, 0.2) is 47.1 Å². The Labute approximate surface area is 145 Å². The number of nitrogens with zero attached hydrogens (tertiary/aromatic N) is 3. The fourth-order valence-electron chi connectivity index (χ4n) is 3.39. The molecule has 1 aliphatic carbocycles. The molecule has 1 aromatic carbocycles. The monoisotopic (exact) mass is 337 g/mol. The Hall–Kier alpha value is -2.89. The number of benzene rings is 1. The van der Waals surface area contributed by atoms with E-state index in [-0.39, 0.29) is 11.9 Å². The van der Waals surface area contributed by atoms with Gasteiger partial charge >= 0.3 is 5.97 Å². The van der Waals surface area contributed by atoms with Gasteiger partial charge in [-0.3, -0.25) is 9.48 Å². The van der Waals surface area contributed by atoms with E-state index in [1.807, 2.05) is 35.0 Å². The van der Waals surface area contributed by atoms with Crippen molar-refractivity contribution in [2.45, 2.75) is 31.7 Å². The van der Waals surface area contributed by atoms with E-state index in [1.54, 1.807) is 12.4 Å². The van der Waals surface area contributed by atoms with Crippen LogP contribution in [0.1, 0.15) is 35.9 Å². The fourth-order valence-corrected chi connectivity index (χ4v) is 3.39. The molecule has 4 rings (SSSR count). The number of methoxy groups -OCH3 is 1. The first kappa shape index (κ1) is 15.6. The van der Waals surface area contributed by atoms with Crippen molar-refractivity contribution in [2.24, 2.45) is 0 Å². The maximum Gasteiger partial charge on any atom is 0.313 e. The average molecular weight is 337 g/mol. The third kappa shape index (κ3) is 2.95. The number of oxazole rings is 1. The average Bonchev–Trinajstić information content (AvgIpc) is 3.29. The number of hydrogen-bond donors (Lipinski definition) is 0. The van der Waals surface area contributed by atoms with Gasteiger partial charge in [-0.05, 0) is 19.3 Å². The summed E-state index contributed by atoms with van der Waals surface area (Å²) >= 11 is 0. The van der Waals surface area contributed by atoms with Crippen molar-refractivity contribution in [3.63, 3.8) is 0 Å². The minimum Gasteiger partial charge on any atom is -0.469 e. The number of carbonyl (C=O) groups is 1. The van der Waals surface area contributed by atoms with Crippen LogP contribution in [-0.4, -0.2) is 27.8 Å². The highest BCUT2D eigenvalue weighted by Crippen LogP contribution is 2.32. The molecule has 3 aromatic rings. The normalized spacial score (nSPS) is 16.4. The van der Waals surface area contributed by atoms with E-state index >= 15 is 0 Å². The topological polar surface area (TPSA) is 70.2 Å². The second-order valence-corrected chi connectivity index (χ2v) is 6.16. The summed E-state index contributed by atoms with van der Waals surface area (Å²) in [6.07, 6.45) is 6.16. The summed E-state index contributed by atoms with van der Waals surface area (Å²) in [6, 6.07) is 9.87. The lowest BCUT2D eigenvalue weighted by Crippen LogP contribution is -2.20. The van der Waals surface area contributed by atoms with Gasteiger partial charge in [-0.25, -0.2) is 4.98 Å². The number of carbonyl (C=O) groups excluding carboxylic acids is 1. The Kier molecular flexibility index (Phi) is 4.09. The van der Waals surface area contributed by atoms with Crippen molar-refractivity contribution in [1.82, 2.24) is 14.8 Å². The molecule has 0 fully saturated rings. The van der Waals surface area contributed by atoms with Gasteiger partial charge in [0.25, 0.3) is 0 Å². The molecule has 0 N–H and O–H groups in total. The molecule has 25 heavy (non-hydrogen) atoms. The van der Waals surface area contributed by atoms with Crippen LogP contribution in [0.3, 0.4) is 0 Å². The number of aromatic nitrogens is 3. The van der Waals surface area contributed by atoms with E-state index < -0.39 is 0 Å². The molecule has 6 heteroatoms. The van der Waals surface area contributed by atoms with Crippen LogP contribution >= 0.6 is 0 Å². The molecule has 6 nitrogen and oxygen atoms in total. The van der Waals surface area contributed by atoms with E-state index in [0.717, 1.165) is 41.8 Å². The van der Waals surface area contributed by atoms with E-state index in [4.69, 9.17) is 9.15 Å². The molecular formula is C19H19N3O3. The molecule has 0 amide bonds. The third-order valence-electron chi connectivity index (χ3n) is 4.65. The minimum absolute atomic E-state index is 0.192. The lowest BCUT2D eigenvalue weighted by Gasteiger charge is -2.20. The highest BCUT2D eigenvalue weighted by Gasteiger charge is 2.30. The highest BCUT2D eigenvalue weighted by molar-refractivity contribution is 5.78. The van der Waals surface area contributed by atoms with Gasteiger partial charge in [0.15, 0.2) is 5.76 Å². The van der Waals surface area contributed by atoms with Crippen molar-refractivity contribution >= 4 is 5.97 Å². The maximum atomic E-state index is 12.0. The van der Waals surface area contributed by atoms with Gasteiger partial charge in [0, 0.05) is 16.8 Å². The second-order valence-electron chi connectivity index (χ2n) is 6.16. The molecule has 0 aliphatic heterocycles. The summed E-state index contributed by atoms with van der Waals surface area (Å²) in [5.41, 5.74) is 3.03. The summed E-state index contributed by atoms with van der Waals surface area (Å²) in [5.74, 6) is 0.934. The predicted octanol–water partition coefficient (Wildman–Crippen LogP) is 3.18. The van der Waals surface area contributed by atoms with Crippen molar-refractivity contribution in [2.75, 3.05) is 7.11 Å².